The lowest BCUT2D eigenvalue weighted by Crippen LogP contribution is -2.01. The van der Waals surface area contributed by atoms with Gasteiger partial charge in [-0.3, -0.25) is 0 Å². The molecule has 18 heavy (non-hydrogen) atoms. The number of ether oxygens (including phenoxy) is 1. The molecule has 94 valence electrons. The van der Waals surface area contributed by atoms with Crippen LogP contribution in [0.15, 0.2) is 36.4 Å². The molecule has 0 spiro atoms. The van der Waals surface area contributed by atoms with Crippen LogP contribution in [0.25, 0.3) is 0 Å². The largest absolute Gasteiger partial charge is 0.489 e. The molecule has 2 aromatic rings. The Morgan fingerprint density at radius 3 is 2.17 bits per heavy atom. The summed E-state index contributed by atoms with van der Waals surface area (Å²) < 4.78 is 44.2. The normalized spacial score (nSPS) is 10.4. The summed E-state index contributed by atoms with van der Waals surface area (Å²) in [5.41, 5.74) is 6.01. The minimum atomic E-state index is -1.22. The maximum absolute atomic E-state index is 13.3. The van der Waals surface area contributed by atoms with Crippen LogP contribution in [-0.4, -0.2) is 0 Å². The molecule has 0 aliphatic heterocycles. The molecule has 0 atom stereocenters. The van der Waals surface area contributed by atoms with Gasteiger partial charge in [0, 0.05) is 17.3 Å². The zero-order chi connectivity index (χ0) is 13.1. The first-order valence-corrected chi connectivity index (χ1v) is 5.18. The molecule has 0 saturated heterocycles. The minimum absolute atomic E-state index is 0.0503. The highest BCUT2D eigenvalue weighted by Crippen LogP contribution is 2.18. The third-order valence-corrected chi connectivity index (χ3v) is 2.36. The molecule has 0 radical (unpaired) electrons. The van der Waals surface area contributed by atoms with E-state index in [4.69, 9.17) is 10.5 Å². The number of hydrogen-bond donors (Lipinski definition) is 1. The second-order valence-corrected chi connectivity index (χ2v) is 3.72. The van der Waals surface area contributed by atoms with Gasteiger partial charge in [-0.2, -0.15) is 0 Å². The Kier molecular flexibility index (Phi) is 3.41. The highest BCUT2D eigenvalue weighted by Gasteiger charge is 2.10. The molecule has 0 amide bonds. The van der Waals surface area contributed by atoms with Crippen LogP contribution in [-0.2, 0) is 6.61 Å². The average molecular weight is 253 g/mol. The van der Waals surface area contributed by atoms with Crippen molar-refractivity contribution in [3.8, 4) is 5.75 Å². The Hall–Kier alpha value is -2.17. The zero-order valence-electron chi connectivity index (χ0n) is 9.29. The van der Waals surface area contributed by atoms with E-state index in [0.29, 0.717) is 17.5 Å². The van der Waals surface area contributed by atoms with Crippen molar-refractivity contribution >= 4 is 5.69 Å². The SMILES string of the molecule is Nc1ccc(OCc2cc(F)c(F)cc2F)cc1. The van der Waals surface area contributed by atoms with Gasteiger partial charge < -0.3 is 10.5 Å². The predicted octanol–water partition coefficient (Wildman–Crippen LogP) is 3.27. The number of nitrogens with two attached hydrogens (primary N) is 1. The molecule has 0 aliphatic carbocycles. The van der Waals surface area contributed by atoms with E-state index in [1.165, 1.54) is 0 Å². The topological polar surface area (TPSA) is 35.2 Å². The van der Waals surface area contributed by atoms with Crippen molar-refractivity contribution in [2.45, 2.75) is 6.61 Å². The first-order chi connectivity index (χ1) is 8.56. The van der Waals surface area contributed by atoms with Gasteiger partial charge in [-0.15, -0.1) is 0 Å². The van der Waals surface area contributed by atoms with Gasteiger partial charge in [0.25, 0.3) is 0 Å². The van der Waals surface area contributed by atoms with Gasteiger partial charge in [0.15, 0.2) is 11.6 Å². The summed E-state index contributed by atoms with van der Waals surface area (Å²) in [6, 6.07) is 7.73. The summed E-state index contributed by atoms with van der Waals surface area (Å²) in [6.07, 6.45) is 0. The van der Waals surface area contributed by atoms with E-state index in [1.54, 1.807) is 24.3 Å². The molecule has 2 N–H and O–H groups in total. The van der Waals surface area contributed by atoms with Crippen LogP contribution in [0.2, 0.25) is 0 Å². The lowest BCUT2D eigenvalue weighted by molar-refractivity contribution is 0.298. The third-order valence-electron chi connectivity index (χ3n) is 2.36. The molecule has 2 aromatic carbocycles. The molecule has 0 bridgehead atoms. The smallest absolute Gasteiger partial charge is 0.161 e. The van der Waals surface area contributed by atoms with Crippen molar-refractivity contribution in [1.29, 1.82) is 0 Å². The fraction of sp³-hybridized carbons (Fsp3) is 0.0769. The average Bonchev–Trinajstić information content (AvgIpc) is 2.34. The van der Waals surface area contributed by atoms with E-state index in [-0.39, 0.29) is 12.2 Å². The molecule has 0 unspecified atom stereocenters. The van der Waals surface area contributed by atoms with Crippen LogP contribution in [0.5, 0.6) is 5.75 Å². The van der Waals surface area contributed by atoms with Gasteiger partial charge in [0.1, 0.15) is 18.2 Å². The lowest BCUT2D eigenvalue weighted by Gasteiger charge is -2.07. The zero-order valence-corrected chi connectivity index (χ0v) is 9.29. The highest BCUT2D eigenvalue weighted by molar-refractivity contribution is 5.41. The van der Waals surface area contributed by atoms with Crippen molar-refractivity contribution < 1.29 is 17.9 Å². The van der Waals surface area contributed by atoms with Crippen LogP contribution in [0.4, 0.5) is 18.9 Å². The second-order valence-electron chi connectivity index (χ2n) is 3.72. The Bertz CT molecular complexity index is 555. The summed E-state index contributed by atoms with van der Waals surface area (Å²) in [6.45, 7) is -0.188. The summed E-state index contributed by atoms with van der Waals surface area (Å²) in [7, 11) is 0. The first-order valence-electron chi connectivity index (χ1n) is 5.18. The number of rotatable bonds is 3. The van der Waals surface area contributed by atoms with Gasteiger partial charge >= 0.3 is 0 Å². The summed E-state index contributed by atoms with van der Waals surface area (Å²) in [5.74, 6) is -2.70. The number of hydrogen-bond acceptors (Lipinski definition) is 2. The summed E-state index contributed by atoms with van der Waals surface area (Å²) in [4.78, 5) is 0. The Morgan fingerprint density at radius 2 is 1.50 bits per heavy atom. The maximum atomic E-state index is 13.3. The molecule has 0 aromatic heterocycles. The van der Waals surface area contributed by atoms with Crippen LogP contribution < -0.4 is 10.5 Å². The molecule has 2 rings (SSSR count). The molecule has 0 aliphatic rings. The number of nitrogen functional groups attached to an aromatic ring is 1. The van der Waals surface area contributed by atoms with E-state index >= 15 is 0 Å². The third kappa shape index (κ3) is 2.74. The van der Waals surface area contributed by atoms with Crippen LogP contribution in [0.1, 0.15) is 5.56 Å². The minimum Gasteiger partial charge on any atom is -0.489 e. The van der Waals surface area contributed by atoms with Gasteiger partial charge in [-0.1, -0.05) is 0 Å². The molecule has 0 fully saturated rings. The second kappa shape index (κ2) is 5.00. The van der Waals surface area contributed by atoms with Crippen LogP contribution in [0, 0.1) is 17.5 Å². The van der Waals surface area contributed by atoms with Crippen molar-refractivity contribution in [3.63, 3.8) is 0 Å². The van der Waals surface area contributed by atoms with Crippen molar-refractivity contribution in [2.24, 2.45) is 0 Å². The van der Waals surface area contributed by atoms with Crippen LogP contribution >= 0.6 is 0 Å². The molecule has 2 nitrogen and oxygen atoms in total. The fourth-order valence-corrected chi connectivity index (χ4v) is 1.40. The Labute approximate surface area is 102 Å². The fourth-order valence-electron chi connectivity index (χ4n) is 1.40. The monoisotopic (exact) mass is 253 g/mol. The van der Waals surface area contributed by atoms with Gasteiger partial charge in [-0.05, 0) is 30.3 Å². The number of benzene rings is 2. The van der Waals surface area contributed by atoms with Gasteiger partial charge in [-0.25, -0.2) is 13.2 Å². The van der Waals surface area contributed by atoms with E-state index in [9.17, 15) is 13.2 Å². The molecular formula is C13H10F3NO. The summed E-state index contributed by atoms with van der Waals surface area (Å²) >= 11 is 0. The molecule has 5 heteroatoms. The quantitative estimate of drug-likeness (QED) is 0.673. The molecule has 0 heterocycles. The van der Waals surface area contributed by atoms with Crippen LogP contribution in [0.3, 0.4) is 0 Å². The van der Waals surface area contributed by atoms with Gasteiger partial charge in [0.05, 0.1) is 0 Å². The first kappa shape index (κ1) is 12.3. The van der Waals surface area contributed by atoms with Crippen molar-refractivity contribution in [2.75, 3.05) is 5.73 Å². The van der Waals surface area contributed by atoms with Gasteiger partial charge in [0.2, 0.25) is 0 Å². The number of anilines is 1. The van der Waals surface area contributed by atoms with E-state index in [1.807, 2.05) is 0 Å². The summed E-state index contributed by atoms with van der Waals surface area (Å²) in [5, 5.41) is 0. The standard InChI is InChI=1S/C13H10F3NO/c14-11-6-13(16)12(15)5-8(11)7-18-10-3-1-9(17)2-4-10/h1-6H,7,17H2. The number of halogens is 3. The molecule has 0 saturated carbocycles. The van der Waals surface area contributed by atoms with Crippen molar-refractivity contribution in [3.05, 3.63) is 59.4 Å². The maximum Gasteiger partial charge on any atom is 0.161 e. The van der Waals surface area contributed by atoms with E-state index in [2.05, 4.69) is 0 Å². The Morgan fingerprint density at radius 1 is 0.889 bits per heavy atom. The van der Waals surface area contributed by atoms with Crippen molar-refractivity contribution in [1.82, 2.24) is 0 Å². The Balaban J connectivity index is 2.10. The van der Waals surface area contributed by atoms with E-state index < -0.39 is 17.5 Å². The van der Waals surface area contributed by atoms with E-state index in [0.717, 1.165) is 6.07 Å². The highest BCUT2D eigenvalue weighted by atomic mass is 19.2. The molecular weight excluding hydrogens is 243 g/mol. The predicted molar refractivity (Wildman–Crippen MR) is 61.5 cm³/mol. The lowest BCUT2D eigenvalue weighted by atomic mass is 10.2.